The molecular weight excluding hydrogens is 791 g/mol. The highest BCUT2D eigenvalue weighted by Gasteiger charge is 2.20. The lowest BCUT2D eigenvalue weighted by molar-refractivity contribution is -0.143. The molecule has 0 bridgehead atoms. The van der Waals surface area contributed by atoms with Crippen molar-refractivity contribution in [3.05, 3.63) is 24.3 Å². The van der Waals surface area contributed by atoms with Crippen LogP contribution in [-0.4, -0.2) is 47.4 Å². The lowest BCUT2D eigenvalue weighted by atomic mass is 10.0. The van der Waals surface area contributed by atoms with E-state index in [1.807, 2.05) is 0 Å². The SMILES string of the molecule is CCCC/C=C\CCCCCCCC(=O)OCCCCCCCCC/C=C\CCCCCCCC(=O)NC(CO)C(O)CCCCCCCCCCCCCCCCCCCCCC. The number of hydrogen-bond donors (Lipinski definition) is 3. The molecule has 0 aliphatic rings. The monoisotopic (exact) mass is 902 g/mol. The summed E-state index contributed by atoms with van der Waals surface area (Å²) in [6.07, 6.45) is 64.5. The third kappa shape index (κ3) is 49.8. The van der Waals surface area contributed by atoms with E-state index in [1.165, 1.54) is 212 Å². The molecule has 6 heteroatoms. The summed E-state index contributed by atoms with van der Waals surface area (Å²) in [6.45, 7) is 4.90. The Bertz CT molecular complexity index is 997. The predicted molar refractivity (Wildman–Crippen MR) is 278 cm³/mol. The minimum absolute atomic E-state index is 0.0136. The average molecular weight is 903 g/mol. The fraction of sp³-hybridized carbons (Fsp3) is 0.897. The first-order chi connectivity index (χ1) is 31.5. The molecule has 2 unspecified atom stereocenters. The van der Waals surface area contributed by atoms with Crippen molar-refractivity contribution < 1.29 is 24.5 Å². The quantitative estimate of drug-likeness (QED) is 0.0321. The highest BCUT2D eigenvalue weighted by Crippen LogP contribution is 2.17. The predicted octanol–water partition coefficient (Wildman–Crippen LogP) is 17.5. The van der Waals surface area contributed by atoms with E-state index in [1.54, 1.807) is 0 Å². The second kappa shape index (κ2) is 54.0. The van der Waals surface area contributed by atoms with Crippen LogP contribution in [-0.2, 0) is 14.3 Å². The number of esters is 1. The smallest absolute Gasteiger partial charge is 0.305 e. The number of aliphatic hydroxyl groups is 2. The van der Waals surface area contributed by atoms with Gasteiger partial charge in [0.25, 0.3) is 0 Å². The first-order valence-electron chi connectivity index (χ1n) is 28.6. The number of rotatable bonds is 53. The maximum atomic E-state index is 12.5. The van der Waals surface area contributed by atoms with Crippen LogP contribution in [0, 0.1) is 0 Å². The number of nitrogens with one attached hydrogen (secondary N) is 1. The second-order valence-electron chi connectivity index (χ2n) is 19.6. The minimum Gasteiger partial charge on any atom is -0.466 e. The molecule has 0 saturated heterocycles. The van der Waals surface area contributed by atoms with Gasteiger partial charge in [-0.05, 0) is 70.6 Å². The summed E-state index contributed by atoms with van der Waals surface area (Å²) < 4.78 is 5.44. The van der Waals surface area contributed by atoms with E-state index in [0.29, 0.717) is 25.9 Å². The van der Waals surface area contributed by atoms with Crippen molar-refractivity contribution in [2.45, 2.75) is 321 Å². The maximum absolute atomic E-state index is 12.5. The Hall–Kier alpha value is -1.66. The zero-order valence-corrected chi connectivity index (χ0v) is 43.0. The van der Waals surface area contributed by atoms with E-state index >= 15 is 0 Å². The third-order valence-electron chi connectivity index (χ3n) is 13.2. The molecule has 0 radical (unpaired) electrons. The van der Waals surface area contributed by atoms with Gasteiger partial charge in [-0.25, -0.2) is 0 Å². The molecule has 0 fully saturated rings. The average Bonchev–Trinajstić information content (AvgIpc) is 3.29. The molecule has 2 atom stereocenters. The van der Waals surface area contributed by atoms with Crippen molar-refractivity contribution >= 4 is 11.9 Å². The standard InChI is InChI=1S/C58H111NO5/c1-3-5-7-9-11-13-15-16-17-18-19-20-21-24-27-31-34-38-42-46-50-56(61)55(54-60)59-57(62)51-47-43-39-35-32-28-25-22-23-26-29-33-37-41-45-49-53-64-58(63)52-48-44-40-36-30-14-12-10-8-6-4-2/h10,12,22,25,55-56,60-61H,3-9,11,13-21,23-24,26-54H2,1-2H3,(H,59,62)/b12-10-,25-22-. The van der Waals surface area contributed by atoms with Gasteiger partial charge in [-0.15, -0.1) is 0 Å². The van der Waals surface area contributed by atoms with Gasteiger partial charge >= 0.3 is 5.97 Å². The molecule has 0 rings (SSSR count). The van der Waals surface area contributed by atoms with E-state index < -0.39 is 12.1 Å². The van der Waals surface area contributed by atoms with Gasteiger partial charge in [0.2, 0.25) is 5.91 Å². The Morgan fingerprint density at radius 1 is 0.422 bits per heavy atom. The van der Waals surface area contributed by atoms with E-state index in [4.69, 9.17) is 4.74 Å². The van der Waals surface area contributed by atoms with E-state index in [0.717, 1.165) is 64.2 Å². The molecule has 0 aromatic carbocycles. The number of hydrogen-bond acceptors (Lipinski definition) is 5. The molecule has 6 nitrogen and oxygen atoms in total. The zero-order valence-electron chi connectivity index (χ0n) is 43.0. The van der Waals surface area contributed by atoms with Gasteiger partial charge < -0.3 is 20.3 Å². The van der Waals surface area contributed by atoms with Crippen LogP contribution in [0.4, 0.5) is 0 Å². The maximum Gasteiger partial charge on any atom is 0.305 e. The van der Waals surface area contributed by atoms with Crippen LogP contribution in [0.25, 0.3) is 0 Å². The third-order valence-corrected chi connectivity index (χ3v) is 13.2. The molecule has 0 aliphatic carbocycles. The molecule has 0 aromatic heterocycles. The van der Waals surface area contributed by atoms with Crippen molar-refractivity contribution in [2.24, 2.45) is 0 Å². The van der Waals surface area contributed by atoms with Crippen LogP contribution >= 0.6 is 0 Å². The molecule has 3 N–H and O–H groups in total. The minimum atomic E-state index is -0.675. The van der Waals surface area contributed by atoms with E-state index in [2.05, 4.69) is 43.5 Å². The summed E-state index contributed by atoms with van der Waals surface area (Å²) in [6, 6.07) is -0.554. The second-order valence-corrected chi connectivity index (χ2v) is 19.6. The Balaban J connectivity index is 3.48. The van der Waals surface area contributed by atoms with Crippen LogP contribution < -0.4 is 5.32 Å². The summed E-state index contributed by atoms with van der Waals surface area (Å²) in [7, 11) is 0. The molecule has 0 heterocycles. The fourth-order valence-corrected chi connectivity index (χ4v) is 8.79. The first kappa shape index (κ1) is 62.3. The highest BCUT2D eigenvalue weighted by atomic mass is 16.5. The Morgan fingerprint density at radius 2 is 0.750 bits per heavy atom. The molecule has 378 valence electrons. The van der Waals surface area contributed by atoms with Crippen LogP contribution in [0.3, 0.4) is 0 Å². The zero-order chi connectivity index (χ0) is 46.5. The summed E-state index contributed by atoms with van der Waals surface area (Å²) >= 11 is 0. The normalized spacial score (nSPS) is 12.8. The summed E-state index contributed by atoms with van der Waals surface area (Å²) in [5.41, 5.74) is 0. The molecule has 0 spiro atoms. The van der Waals surface area contributed by atoms with Gasteiger partial charge in [-0.1, -0.05) is 250 Å². The molecule has 0 aliphatic heterocycles. The van der Waals surface area contributed by atoms with Gasteiger partial charge in [0.15, 0.2) is 0 Å². The summed E-state index contributed by atoms with van der Waals surface area (Å²) in [4.78, 5) is 24.5. The number of ether oxygens (including phenoxy) is 1. The number of amides is 1. The summed E-state index contributed by atoms with van der Waals surface area (Å²) in [5, 5.41) is 23.3. The van der Waals surface area contributed by atoms with Crippen LogP contribution in [0.2, 0.25) is 0 Å². The molecule has 0 aromatic rings. The number of allylic oxidation sites excluding steroid dienone is 4. The molecule has 0 saturated carbocycles. The van der Waals surface area contributed by atoms with Crippen molar-refractivity contribution in [3.8, 4) is 0 Å². The van der Waals surface area contributed by atoms with E-state index in [9.17, 15) is 19.8 Å². The number of carbonyl (C=O) groups is 2. The van der Waals surface area contributed by atoms with Gasteiger partial charge in [-0.2, -0.15) is 0 Å². The number of aliphatic hydroxyl groups excluding tert-OH is 2. The number of carbonyl (C=O) groups excluding carboxylic acids is 2. The van der Waals surface area contributed by atoms with Crippen LogP contribution in [0.1, 0.15) is 309 Å². The van der Waals surface area contributed by atoms with Crippen LogP contribution in [0.5, 0.6) is 0 Å². The fourth-order valence-electron chi connectivity index (χ4n) is 8.79. The lowest BCUT2D eigenvalue weighted by Crippen LogP contribution is -2.45. The van der Waals surface area contributed by atoms with Crippen molar-refractivity contribution in [2.75, 3.05) is 13.2 Å². The molecular formula is C58H111NO5. The van der Waals surface area contributed by atoms with Gasteiger partial charge in [0.1, 0.15) is 0 Å². The molecule has 1 amide bonds. The number of unbranched alkanes of at least 4 members (excludes halogenated alkanes) is 38. The van der Waals surface area contributed by atoms with Gasteiger partial charge in [0, 0.05) is 12.8 Å². The van der Waals surface area contributed by atoms with E-state index in [-0.39, 0.29) is 18.5 Å². The Kier molecular flexibility index (Phi) is 52.6. The Morgan fingerprint density at radius 3 is 1.16 bits per heavy atom. The van der Waals surface area contributed by atoms with Crippen LogP contribution in [0.15, 0.2) is 24.3 Å². The molecule has 64 heavy (non-hydrogen) atoms. The largest absolute Gasteiger partial charge is 0.466 e. The van der Waals surface area contributed by atoms with Gasteiger partial charge in [-0.3, -0.25) is 9.59 Å². The van der Waals surface area contributed by atoms with Gasteiger partial charge in [0.05, 0.1) is 25.4 Å². The van der Waals surface area contributed by atoms with Crippen molar-refractivity contribution in [1.29, 1.82) is 0 Å². The summed E-state index contributed by atoms with van der Waals surface area (Å²) in [5.74, 6) is -0.0636. The first-order valence-corrected chi connectivity index (χ1v) is 28.6. The van der Waals surface area contributed by atoms with Crippen molar-refractivity contribution in [3.63, 3.8) is 0 Å². The van der Waals surface area contributed by atoms with Crippen molar-refractivity contribution in [1.82, 2.24) is 5.32 Å². The lowest BCUT2D eigenvalue weighted by Gasteiger charge is -2.22. The Labute approximate surface area is 399 Å². The topological polar surface area (TPSA) is 95.9 Å². The highest BCUT2D eigenvalue weighted by molar-refractivity contribution is 5.76.